The van der Waals surface area contributed by atoms with E-state index >= 15 is 0 Å². The van der Waals surface area contributed by atoms with Gasteiger partial charge in [-0.15, -0.1) is 0 Å². The standard InChI is InChI=1S/C18H22FN3O/c1-13-10-18(16-11-14(19)2-3-17(16)20-13)22-5-4-15(12-22)21-6-8-23-9-7-21/h2-3,10-11,15H,4-9,12H2,1H3. The van der Waals surface area contributed by atoms with Crippen molar-refractivity contribution in [2.45, 2.75) is 19.4 Å². The zero-order valence-electron chi connectivity index (χ0n) is 13.5. The minimum absolute atomic E-state index is 0.201. The Hall–Kier alpha value is -1.72. The van der Waals surface area contributed by atoms with Gasteiger partial charge in [0.05, 0.1) is 18.7 Å². The molecule has 3 heterocycles. The number of rotatable bonds is 2. The van der Waals surface area contributed by atoms with E-state index < -0.39 is 0 Å². The number of benzene rings is 1. The number of aryl methyl sites for hydroxylation is 1. The quantitative estimate of drug-likeness (QED) is 0.852. The minimum Gasteiger partial charge on any atom is -0.379 e. The van der Waals surface area contributed by atoms with E-state index in [1.54, 1.807) is 12.1 Å². The van der Waals surface area contributed by atoms with E-state index in [1.165, 1.54) is 6.07 Å². The molecule has 5 heteroatoms. The number of anilines is 1. The highest BCUT2D eigenvalue weighted by Crippen LogP contribution is 2.31. The van der Waals surface area contributed by atoms with Crippen LogP contribution in [0.3, 0.4) is 0 Å². The van der Waals surface area contributed by atoms with E-state index in [2.05, 4.69) is 20.9 Å². The highest BCUT2D eigenvalue weighted by Gasteiger charge is 2.29. The number of ether oxygens (including phenoxy) is 1. The first kappa shape index (κ1) is 14.8. The number of halogens is 1. The molecule has 4 rings (SSSR count). The monoisotopic (exact) mass is 315 g/mol. The first-order chi connectivity index (χ1) is 11.2. The second-order valence-corrected chi connectivity index (χ2v) is 6.48. The molecule has 1 aromatic carbocycles. The Morgan fingerprint density at radius 2 is 2.00 bits per heavy atom. The molecule has 0 N–H and O–H groups in total. The molecular formula is C18H22FN3O. The van der Waals surface area contributed by atoms with Crippen LogP contribution in [-0.2, 0) is 4.74 Å². The van der Waals surface area contributed by atoms with Crippen LogP contribution >= 0.6 is 0 Å². The summed E-state index contributed by atoms with van der Waals surface area (Å²) in [6, 6.07) is 7.52. The summed E-state index contributed by atoms with van der Waals surface area (Å²) in [5.74, 6) is -0.201. The van der Waals surface area contributed by atoms with Crippen molar-refractivity contribution in [3.63, 3.8) is 0 Å². The highest BCUT2D eigenvalue weighted by atomic mass is 19.1. The molecule has 1 atom stereocenters. The summed E-state index contributed by atoms with van der Waals surface area (Å²) < 4.78 is 19.2. The second-order valence-electron chi connectivity index (χ2n) is 6.48. The van der Waals surface area contributed by atoms with E-state index in [4.69, 9.17) is 4.74 Å². The van der Waals surface area contributed by atoms with Crippen molar-refractivity contribution in [3.05, 3.63) is 35.8 Å². The normalized spacial score (nSPS) is 22.9. The Labute approximate surface area is 135 Å². The predicted molar refractivity (Wildman–Crippen MR) is 89.4 cm³/mol. The smallest absolute Gasteiger partial charge is 0.124 e. The molecule has 2 aliphatic heterocycles. The maximum absolute atomic E-state index is 13.7. The lowest BCUT2D eigenvalue weighted by atomic mass is 10.1. The molecule has 4 nitrogen and oxygen atoms in total. The molecule has 0 aliphatic carbocycles. The molecule has 0 spiro atoms. The Bertz CT molecular complexity index is 715. The fourth-order valence-electron chi connectivity index (χ4n) is 3.77. The molecule has 2 fully saturated rings. The van der Waals surface area contributed by atoms with Gasteiger partial charge in [0.25, 0.3) is 0 Å². The lowest BCUT2D eigenvalue weighted by Gasteiger charge is -2.32. The summed E-state index contributed by atoms with van der Waals surface area (Å²) in [7, 11) is 0. The highest BCUT2D eigenvalue weighted by molar-refractivity contribution is 5.92. The number of aromatic nitrogens is 1. The topological polar surface area (TPSA) is 28.6 Å². The van der Waals surface area contributed by atoms with Crippen LogP contribution in [0.2, 0.25) is 0 Å². The van der Waals surface area contributed by atoms with Crippen molar-refractivity contribution >= 4 is 16.6 Å². The van der Waals surface area contributed by atoms with Crippen molar-refractivity contribution < 1.29 is 9.13 Å². The summed E-state index contributed by atoms with van der Waals surface area (Å²) in [5.41, 5.74) is 2.97. The number of fused-ring (bicyclic) bond motifs is 1. The van der Waals surface area contributed by atoms with E-state index in [0.29, 0.717) is 6.04 Å². The minimum atomic E-state index is -0.201. The van der Waals surface area contributed by atoms with Gasteiger partial charge in [-0.05, 0) is 37.6 Å². The lowest BCUT2D eigenvalue weighted by Crippen LogP contribution is -2.44. The molecule has 1 unspecified atom stereocenters. The summed E-state index contributed by atoms with van der Waals surface area (Å²) >= 11 is 0. The van der Waals surface area contributed by atoms with E-state index in [-0.39, 0.29) is 5.82 Å². The van der Waals surface area contributed by atoms with Gasteiger partial charge in [-0.3, -0.25) is 9.88 Å². The lowest BCUT2D eigenvalue weighted by molar-refractivity contribution is 0.0209. The van der Waals surface area contributed by atoms with Crippen LogP contribution in [0, 0.1) is 12.7 Å². The first-order valence-corrected chi connectivity index (χ1v) is 8.34. The van der Waals surface area contributed by atoms with Crippen LogP contribution in [-0.4, -0.2) is 55.3 Å². The SMILES string of the molecule is Cc1cc(N2CCC(N3CCOCC3)C2)c2cc(F)ccc2n1. The largest absolute Gasteiger partial charge is 0.379 e. The molecule has 0 amide bonds. The van der Waals surface area contributed by atoms with Gasteiger partial charge in [0.1, 0.15) is 5.82 Å². The summed E-state index contributed by atoms with van der Waals surface area (Å²) in [6.45, 7) is 7.71. The number of nitrogens with zero attached hydrogens (tertiary/aromatic N) is 3. The van der Waals surface area contributed by atoms with Crippen molar-refractivity contribution in [1.82, 2.24) is 9.88 Å². The van der Waals surface area contributed by atoms with Gasteiger partial charge >= 0.3 is 0 Å². The third-order valence-electron chi connectivity index (χ3n) is 4.94. The van der Waals surface area contributed by atoms with E-state index in [9.17, 15) is 4.39 Å². The van der Waals surface area contributed by atoms with Gasteiger partial charge in [-0.1, -0.05) is 0 Å². The predicted octanol–water partition coefficient (Wildman–Crippen LogP) is 2.59. The summed E-state index contributed by atoms with van der Waals surface area (Å²) in [4.78, 5) is 9.45. The van der Waals surface area contributed by atoms with Crippen LogP contribution in [0.15, 0.2) is 24.3 Å². The van der Waals surface area contributed by atoms with Gasteiger partial charge < -0.3 is 9.64 Å². The van der Waals surface area contributed by atoms with Crippen LogP contribution in [0.1, 0.15) is 12.1 Å². The van der Waals surface area contributed by atoms with Gasteiger partial charge in [-0.25, -0.2) is 4.39 Å². The first-order valence-electron chi connectivity index (χ1n) is 8.34. The Balaban J connectivity index is 1.63. The van der Waals surface area contributed by atoms with Gasteiger partial charge in [0.2, 0.25) is 0 Å². The third-order valence-corrected chi connectivity index (χ3v) is 4.94. The number of pyridine rings is 1. The van der Waals surface area contributed by atoms with Gasteiger partial charge in [0.15, 0.2) is 0 Å². The van der Waals surface area contributed by atoms with Crippen molar-refractivity contribution in [2.75, 3.05) is 44.3 Å². The van der Waals surface area contributed by atoms with Gasteiger partial charge in [0, 0.05) is 49.0 Å². The van der Waals surface area contributed by atoms with Crippen molar-refractivity contribution in [1.29, 1.82) is 0 Å². The Kier molecular flexibility index (Phi) is 3.91. The van der Waals surface area contributed by atoms with Crippen molar-refractivity contribution in [3.8, 4) is 0 Å². The number of hydrogen-bond acceptors (Lipinski definition) is 4. The van der Waals surface area contributed by atoms with Crippen LogP contribution in [0.5, 0.6) is 0 Å². The van der Waals surface area contributed by atoms with Crippen LogP contribution in [0.4, 0.5) is 10.1 Å². The fourth-order valence-corrected chi connectivity index (χ4v) is 3.77. The molecular weight excluding hydrogens is 293 g/mol. The fraction of sp³-hybridized carbons (Fsp3) is 0.500. The molecule has 23 heavy (non-hydrogen) atoms. The van der Waals surface area contributed by atoms with Crippen LogP contribution in [0.25, 0.3) is 10.9 Å². The van der Waals surface area contributed by atoms with Crippen molar-refractivity contribution in [2.24, 2.45) is 0 Å². The molecule has 1 aromatic heterocycles. The number of morpholine rings is 1. The molecule has 0 radical (unpaired) electrons. The maximum Gasteiger partial charge on any atom is 0.124 e. The number of hydrogen-bond donors (Lipinski definition) is 0. The Morgan fingerprint density at radius 3 is 2.83 bits per heavy atom. The zero-order valence-corrected chi connectivity index (χ0v) is 13.5. The summed E-state index contributed by atoms with van der Waals surface area (Å²) in [5, 5.41) is 0.915. The maximum atomic E-state index is 13.7. The van der Waals surface area contributed by atoms with E-state index in [0.717, 1.165) is 68.1 Å². The Morgan fingerprint density at radius 1 is 1.17 bits per heavy atom. The molecule has 0 bridgehead atoms. The zero-order chi connectivity index (χ0) is 15.8. The molecule has 2 aliphatic rings. The van der Waals surface area contributed by atoms with E-state index in [1.807, 2.05) is 6.92 Å². The van der Waals surface area contributed by atoms with Crippen LogP contribution < -0.4 is 4.90 Å². The molecule has 122 valence electrons. The molecule has 2 aromatic rings. The van der Waals surface area contributed by atoms with Gasteiger partial charge in [-0.2, -0.15) is 0 Å². The average molecular weight is 315 g/mol. The third kappa shape index (κ3) is 2.91. The molecule has 0 saturated carbocycles. The average Bonchev–Trinajstić information content (AvgIpc) is 3.05. The second kappa shape index (κ2) is 6.06. The summed E-state index contributed by atoms with van der Waals surface area (Å²) in [6.07, 6.45) is 1.15. The molecule has 2 saturated heterocycles.